The van der Waals surface area contributed by atoms with E-state index in [-0.39, 0.29) is 11.6 Å². The lowest BCUT2D eigenvalue weighted by molar-refractivity contribution is -0.384. The first kappa shape index (κ1) is 16.7. The number of hydrogen-bond acceptors (Lipinski definition) is 8. The molecule has 2 aromatic rings. The Hall–Kier alpha value is -3.14. The van der Waals surface area contributed by atoms with Crippen LogP contribution in [0.2, 0.25) is 0 Å². The SMILES string of the molecule is COc1ccc([N+](=O)[O-])cc1-c1ccc(/C=N/N=C2\NC(=O)CS2)o1. The van der Waals surface area contributed by atoms with Crippen LogP contribution in [0.3, 0.4) is 0 Å². The Bertz CT molecular complexity index is 890. The van der Waals surface area contributed by atoms with Gasteiger partial charge in [-0.15, -0.1) is 5.10 Å². The Kier molecular flexibility index (Phi) is 4.80. The molecule has 128 valence electrons. The highest BCUT2D eigenvalue weighted by atomic mass is 32.2. The lowest BCUT2D eigenvalue weighted by Crippen LogP contribution is -2.19. The molecule has 1 aliphatic rings. The maximum Gasteiger partial charge on any atom is 0.270 e. The Morgan fingerprint density at radius 1 is 1.40 bits per heavy atom. The second-order valence-corrected chi connectivity index (χ2v) is 5.79. The average molecular weight is 360 g/mol. The minimum absolute atomic E-state index is 0.0668. The molecule has 0 saturated carbocycles. The van der Waals surface area contributed by atoms with Crippen LogP contribution in [0, 0.1) is 10.1 Å². The molecule has 1 aromatic heterocycles. The number of methoxy groups -OCH3 is 1. The fourth-order valence-corrected chi connectivity index (χ4v) is 2.72. The molecule has 1 amide bonds. The van der Waals surface area contributed by atoms with E-state index < -0.39 is 4.92 Å². The van der Waals surface area contributed by atoms with Gasteiger partial charge in [0.15, 0.2) is 5.17 Å². The zero-order valence-electron chi connectivity index (χ0n) is 13.0. The summed E-state index contributed by atoms with van der Waals surface area (Å²) in [5.74, 6) is 1.47. The lowest BCUT2D eigenvalue weighted by Gasteiger charge is -2.05. The third kappa shape index (κ3) is 3.86. The minimum Gasteiger partial charge on any atom is -0.496 e. The topological polar surface area (TPSA) is 119 Å². The van der Waals surface area contributed by atoms with Crippen molar-refractivity contribution >= 4 is 34.7 Å². The number of non-ortho nitro benzene ring substituents is 1. The Balaban J connectivity index is 1.82. The van der Waals surface area contributed by atoms with Crippen LogP contribution in [-0.2, 0) is 4.79 Å². The van der Waals surface area contributed by atoms with E-state index in [0.717, 1.165) is 0 Å². The van der Waals surface area contributed by atoms with Gasteiger partial charge in [-0.05, 0) is 18.2 Å². The molecule has 10 heteroatoms. The van der Waals surface area contributed by atoms with Gasteiger partial charge in [0, 0.05) is 12.1 Å². The van der Waals surface area contributed by atoms with Crippen LogP contribution in [-0.4, -0.2) is 35.1 Å². The first-order valence-corrected chi connectivity index (χ1v) is 8.01. The molecule has 1 N–H and O–H groups in total. The van der Waals surface area contributed by atoms with E-state index in [1.54, 1.807) is 12.1 Å². The van der Waals surface area contributed by atoms with E-state index in [1.165, 1.54) is 43.3 Å². The largest absolute Gasteiger partial charge is 0.496 e. The monoisotopic (exact) mass is 360 g/mol. The first-order chi connectivity index (χ1) is 12.1. The molecule has 0 spiro atoms. The number of carbonyl (C=O) groups excluding carboxylic acids is 1. The second-order valence-electron chi connectivity index (χ2n) is 4.83. The van der Waals surface area contributed by atoms with Crippen LogP contribution < -0.4 is 10.1 Å². The molecule has 9 nitrogen and oxygen atoms in total. The summed E-state index contributed by atoms with van der Waals surface area (Å²) >= 11 is 1.26. The molecule has 0 atom stereocenters. The maximum atomic E-state index is 11.0. The Morgan fingerprint density at radius 2 is 2.24 bits per heavy atom. The van der Waals surface area contributed by atoms with Crippen molar-refractivity contribution in [1.82, 2.24) is 5.32 Å². The normalized spacial score (nSPS) is 15.7. The molecule has 1 aromatic carbocycles. The summed E-state index contributed by atoms with van der Waals surface area (Å²) in [4.78, 5) is 21.5. The smallest absolute Gasteiger partial charge is 0.270 e. The number of carbonyl (C=O) groups is 1. The number of nitro benzene ring substituents is 1. The van der Waals surface area contributed by atoms with E-state index in [4.69, 9.17) is 9.15 Å². The van der Waals surface area contributed by atoms with Gasteiger partial charge in [-0.1, -0.05) is 11.8 Å². The number of ether oxygens (including phenoxy) is 1. The number of benzene rings is 1. The summed E-state index contributed by atoms with van der Waals surface area (Å²) in [5.41, 5.74) is 0.393. The quantitative estimate of drug-likeness (QED) is 0.497. The predicted octanol–water partition coefficient (Wildman–Crippen LogP) is 2.42. The number of nitrogens with zero attached hydrogens (tertiary/aromatic N) is 3. The predicted molar refractivity (Wildman–Crippen MR) is 93.0 cm³/mol. The summed E-state index contributed by atoms with van der Waals surface area (Å²) in [5, 5.41) is 21.6. The molecule has 0 bridgehead atoms. The molecule has 0 aliphatic carbocycles. The van der Waals surface area contributed by atoms with Crippen molar-refractivity contribution in [3.8, 4) is 17.1 Å². The number of amides is 1. The Morgan fingerprint density at radius 3 is 2.92 bits per heavy atom. The molecule has 25 heavy (non-hydrogen) atoms. The first-order valence-electron chi connectivity index (χ1n) is 7.03. The summed E-state index contributed by atoms with van der Waals surface area (Å²) < 4.78 is 10.8. The number of thioether (sulfide) groups is 1. The standard InChI is InChI=1S/C15H12N4O5S/c1-23-12-4-2-9(19(21)22)6-11(12)13-5-3-10(24-13)7-16-18-15-17-14(20)8-25-15/h2-7H,8H2,1H3,(H,17,18,20)/b16-7+. The van der Waals surface area contributed by atoms with Gasteiger partial charge in [-0.25, -0.2) is 0 Å². The molecule has 0 unspecified atom stereocenters. The van der Waals surface area contributed by atoms with E-state index in [2.05, 4.69) is 15.5 Å². The highest BCUT2D eigenvalue weighted by molar-refractivity contribution is 8.15. The number of nitro groups is 1. The molecular weight excluding hydrogens is 348 g/mol. The van der Waals surface area contributed by atoms with Gasteiger partial charge in [0.25, 0.3) is 5.69 Å². The van der Waals surface area contributed by atoms with Crippen LogP contribution in [0.1, 0.15) is 5.76 Å². The molecule has 3 rings (SSSR count). The van der Waals surface area contributed by atoms with Crippen molar-refractivity contribution < 1.29 is 18.9 Å². The fraction of sp³-hybridized carbons (Fsp3) is 0.133. The van der Waals surface area contributed by atoms with Crippen molar-refractivity contribution in [2.45, 2.75) is 0 Å². The van der Waals surface area contributed by atoms with Crippen molar-refractivity contribution in [1.29, 1.82) is 0 Å². The van der Waals surface area contributed by atoms with Gasteiger partial charge in [0.2, 0.25) is 5.91 Å². The van der Waals surface area contributed by atoms with Crippen molar-refractivity contribution in [3.05, 3.63) is 46.2 Å². The van der Waals surface area contributed by atoms with Crippen LogP contribution in [0.4, 0.5) is 5.69 Å². The molecule has 2 heterocycles. The van der Waals surface area contributed by atoms with E-state index in [0.29, 0.717) is 33.8 Å². The average Bonchev–Trinajstić information content (AvgIpc) is 3.23. The maximum absolute atomic E-state index is 11.0. The van der Waals surface area contributed by atoms with Crippen molar-refractivity contribution in [2.75, 3.05) is 12.9 Å². The van der Waals surface area contributed by atoms with Crippen LogP contribution in [0.15, 0.2) is 45.0 Å². The van der Waals surface area contributed by atoms with E-state index in [1.807, 2.05) is 0 Å². The number of rotatable bonds is 5. The zero-order chi connectivity index (χ0) is 17.8. The fourth-order valence-electron chi connectivity index (χ4n) is 2.09. The molecular formula is C15H12N4O5S. The van der Waals surface area contributed by atoms with Gasteiger partial charge in [0.05, 0.1) is 29.6 Å². The van der Waals surface area contributed by atoms with Crippen LogP contribution in [0.25, 0.3) is 11.3 Å². The zero-order valence-corrected chi connectivity index (χ0v) is 13.8. The second kappa shape index (κ2) is 7.18. The lowest BCUT2D eigenvalue weighted by atomic mass is 10.1. The van der Waals surface area contributed by atoms with Crippen molar-refractivity contribution in [2.24, 2.45) is 10.2 Å². The Labute approximate surface area is 145 Å². The molecule has 0 radical (unpaired) electrons. The summed E-state index contributed by atoms with van der Waals surface area (Å²) in [6, 6.07) is 7.55. The van der Waals surface area contributed by atoms with Gasteiger partial charge < -0.3 is 14.5 Å². The highest BCUT2D eigenvalue weighted by Gasteiger charge is 2.17. The third-order valence-corrected chi connectivity index (χ3v) is 4.07. The minimum atomic E-state index is -0.488. The molecule has 1 saturated heterocycles. The van der Waals surface area contributed by atoms with E-state index in [9.17, 15) is 14.9 Å². The van der Waals surface area contributed by atoms with Crippen LogP contribution >= 0.6 is 11.8 Å². The number of amidine groups is 1. The third-order valence-electron chi connectivity index (χ3n) is 3.21. The molecule has 1 fully saturated rings. The van der Waals surface area contributed by atoms with Gasteiger partial charge >= 0.3 is 0 Å². The summed E-state index contributed by atoms with van der Waals surface area (Å²) in [6.45, 7) is 0. The number of nitrogens with one attached hydrogen (secondary N) is 1. The summed E-state index contributed by atoms with van der Waals surface area (Å²) in [6.07, 6.45) is 1.38. The van der Waals surface area contributed by atoms with Crippen molar-refractivity contribution in [3.63, 3.8) is 0 Å². The number of furan rings is 1. The summed E-state index contributed by atoms with van der Waals surface area (Å²) in [7, 11) is 1.47. The van der Waals surface area contributed by atoms with Gasteiger partial charge in [0.1, 0.15) is 17.3 Å². The molecule has 1 aliphatic heterocycles. The van der Waals surface area contributed by atoms with Gasteiger partial charge in [-0.3, -0.25) is 14.9 Å². The highest BCUT2D eigenvalue weighted by Crippen LogP contribution is 2.34. The number of hydrogen-bond donors (Lipinski definition) is 1. The van der Waals surface area contributed by atoms with Crippen LogP contribution in [0.5, 0.6) is 5.75 Å². The van der Waals surface area contributed by atoms with E-state index >= 15 is 0 Å². The van der Waals surface area contributed by atoms with Gasteiger partial charge in [-0.2, -0.15) is 5.10 Å².